The van der Waals surface area contributed by atoms with E-state index < -0.39 is 0 Å². The molecular formula is C15H31N3O. The minimum absolute atomic E-state index is 0.127. The predicted octanol–water partition coefficient (Wildman–Crippen LogP) is 1.84. The second-order valence-corrected chi connectivity index (χ2v) is 5.77. The van der Waals surface area contributed by atoms with Crippen LogP contribution in [-0.4, -0.2) is 54.5 Å². The highest BCUT2D eigenvalue weighted by molar-refractivity contribution is 5.81. The number of rotatable bonds is 7. The summed E-state index contributed by atoms with van der Waals surface area (Å²) in [6.45, 7) is 7.75. The van der Waals surface area contributed by atoms with Crippen LogP contribution < -0.4 is 5.73 Å². The number of hydrogen-bond donors (Lipinski definition) is 1. The maximum atomic E-state index is 12.2. The summed E-state index contributed by atoms with van der Waals surface area (Å²) < 4.78 is 0. The van der Waals surface area contributed by atoms with Gasteiger partial charge in [0.25, 0.3) is 0 Å². The molecule has 0 bridgehead atoms. The van der Waals surface area contributed by atoms with E-state index in [4.69, 9.17) is 5.73 Å². The van der Waals surface area contributed by atoms with Crippen LogP contribution in [0.5, 0.6) is 0 Å². The molecule has 112 valence electrons. The molecule has 1 heterocycles. The molecule has 0 unspecified atom stereocenters. The van der Waals surface area contributed by atoms with Crippen LogP contribution in [-0.2, 0) is 4.79 Å². The van der Waals surface area contributed by atoms with Gasteiger partial charge < -0.3 is 15.5 Å². The first-order valence-corrected chi connectivity index (χ1v) is 7.84. The topological polar surface area (TPSA) is 49.6 Å². The Morgan fingerprint density at radius 2 is 1.95 bits per heavy atom. The van der Waals surface area contributed by atoms with Crippen LogP contribution in [0.15, 0.2) is 0 Å². The SMILES string of the molecule is CCCC[C@H](N)C(=O)N(C)C1CCN(CCC)CC1. The number of unbranched alkanes of at least 4 members (excludes halogenated alkanes) is 1. The van der Waals surface area contributed by atoms with E-state index in [0.717, 1.165) is 45.2 Å². The van der Waals surface area contributed by atoms with Crippen molar-refractivity contribution in [2.75, 3.05) is 26.7 Å². The summed E-state index contributed by atoms with van der Waals surface area (Å²) >= 11 is 0. The number of nitrogens with two attached hydrogens (primary N) is 1. The van der Waals surface area contributed by atoms with E-state index in [1.807, 2.05) is 11.9 Å². The summed E-state index contributed by atoms with van der Waals surface area (Å²) in [6.07, 6.45) is 6.33. The molecule has 1 saturated heterocycles. The molecule has 0 aromatic rings. The Labute approximate surface area is 118 Å². The van der Waals surface area contributed by atoms with E-state index >= 15 is 0 Å². The number of likely N-dealkylation sites (tertiary alicyclic amines) is 1. The lowest BCUT2D eigenvalue weighted by molar-refractivity contribution is -0.134. The van der Waals surface area contributed by atoms with Crippen molar-refractivity contribution in [1.82, 2.24) is 9.80 Å². The van der Waals surface area contributed by atoms with Gasteiger partial charge in [-0.3, -0.25) is 4.79 Å². The van der Waals surface area contributed by atoms with Gasteiger partial charge in [0.15, 0.2) is 0 Å². The molecule has 1 aliphatic rings. The van der Waals surface area contributed by atoms with Crippen LogP contribution in [0.1, 0.15) is 52.4 Å². The fourth-order valence-electron chi connectivity index (χ4n) is 2.84. The highest BCUT2D eigenvalue weighted by Gasteiger charge is 2.27. The van der Waals surface area contributed by atoms with E-state index in [0.29, 0.717) is 6.04 Å². The predicted molar refractivity (Wildman–Crippen MR) is 80.0 cm³/mol. The monoisotopic (exact) mass is 269 g/mol. The number of hydrogen-bond acceptors (Lipinski definition) is 3. The summed E-state index contributed by atoms with van der Waals surface area (Å²) in [5.41, 5.74) is 5.98. The molecule has 0 radical (unpaired) electrons. The van der Waals surface area contributed by atoms with Gasteiger partial charge >= 0.3 is 0 Å². The molecule has 0 saturated carbocycles. The van der Waals surface area contributed by atoms with E-state index in [1.54, 1.807) is 0 Å². The summed E-state index contributed by atoms with van der Waals surface area (Å²) in [4.78, 5) is 16.6. The Morgan fingerprint density at radius 1 is 1.32 bits per heavy atom. The van der Waals surface area contributed by atoms with Gasteiger partial charge in [0, 0.05) is 26.2 Å². The van der Waals surface area contributed by atoms with E-state index in [2.05, 4.69) is 18.7 Å². The number of carbonyl (C=O) groups excluding carboxylic acids is 1. The molecule has 19 heavy (non-hydrogen) atoms. The second-order valence-electron chi connectivity index (χ2n) is 5.77. The van der Waals surface area contributed by atoms with Crippen molar-refractivity contribution in [2.45, 2.75) is 64.5 Å². The molecule has 1 rings (SSSR count). The van der Waals surface area contributed by atoms with Gasteiger partial charge in [-0.1, -0.05) is 26.7 Å². The number of piperidine rings is 1. The fraction of sp³-hybridized carbons (Fsp3) is 0.933. The molecule has 0 spiro atoms. The minimum Gasteiger partial charge on any atom is -0.341 e. The zero-order valence-electron chi connectivity index (χ0n) is 12.9. The molecular weight excluding hydrogens is 238 g/mol. The van der Waals surface area contributed by atoms with Crippen molar-refractivity contribution in [3.8, 4) is 0 Å². The second kappa shape index (κ2) is 8.54. The molecule has 2 N–H and O–H groups in total. The Kier molecular flexibility index (Phi) is 7.39. The van der Waals surface area contributed by atoms with Crippen LogP contribution in [0.3, 0.4) is 0 Å². The highest BCUT2D eigenvalue weighted by Crippen LogP contribution is 2.16. The van der Waals surface area contributed by atoms with Crippen LogP contribution in [0.25, 0.3) is 0 Å². The average molecular weight is 269 g/mol. The minimum atomic E-state index is -0.307. The largest absolute Gasteiger partial charge is 0.341 e. The third-order valence-corrected chi connectivity index (χ3v) is 4.18. The highest BCUT2D eigenvalue weighted by atomic mass is 16.2. The molecule has 0 aromatic heterocycles. The molecule has 1 fully saturated rings. The van der Waals surface area contributed by atoms with Gasteiger partial charge in [0.1, 0.15) is 0 Å². The first kappa shape index (κ1) is 16.4. The van der Waals surface area contributed by atoms with Crippen LogP contribution in [0.4, 0.5) is 0 Å². The van der Waals surface area contributed by atoms with Gasteiger partial charge in [-0.2, -0.15) is 0 Å². The van der Waals surface area contributed by atoms with Crippen LogP contribution in [0.2, 0.25) is 0 Å². The van der Waals surface area contributed by atoms with Crippen molar-refractivity contribution < 1.29 is 4.79 Å². The molecule has 4 heteroatoms. The Balaban J connectivity index is 2.37. The lowest BCUT2D eigenvalue weighted by Crippen LogP contribution is -2.50. The standard InChI is InChI=1S/C15H31N3O/c1-4-6-7-14(16)15(19)17(3)13-8-11-18(10-5-2)12-9-13/h13-14H,4-12,16H2,1-3H3/t14-/m0/s1. The average Bonchev–Trinajstić information content (AvgIpc) is 2.44. The molecule has 0 aliphatic carbocycles. The van der Waals surface area contributed by atoms with Gasteiger partial charge in [-0.05, 0) is 32.2 Å². The van der Waals surface area contributed by atoms with Crippen molar-refractivity contribution >= 4 is 5.91 Å². The third kappa shape index (κ3) is 5.11. The lowest BCUT2D eigenvalue weighted by atomic mass is 10.0. The van der Waals surface area contributed by atoms with Crippen molar-refractivity contribution in [2.24, 2.45) is 5.73 Å². The lowest BCUT2D eigenvalue weighted by Gasteiger charge is -2.37. The summed E-state index contributed by atoms with van der Waals surface area (Å²) in [6, 6.07) is 0.0758. The van der Waals surface area contributed by atoms with Gasteiger partial charge in [-0.15, -0.1) is 0 Å². The summed E-state index contributed by atoms with van der Waals surface area (Å²) in [5.74, 6) is 0.127. The number of likely N-dealkylation sites (N-methyl/N-ethyl adjacent to an activating group) is 1. The number of amides is 1. The van der Waals surface area contributed by atoms with Crippen molar-refractivity contribution in [1.29, 1.82) is 0 Å². The molecule has 4 nitrogen and oxygen atoms in total. The zero-order valence-corrected chi connectivity index (χ0v) is 12.9. The van der Waals surface area contributed by atoms with E-state index in [-0.39, 0.29) is 11.9 Å². The Bertz CT molecular complexity index is 262. The molecule has 1 amide bonds. The molecule has 0 aromatic carbocycles. The normalized spacial score (nSPS) is 19.4. The quantitative estimate of drug-likeness (QED) is 0.767. The first-order valence-electron chi connectivity index (χ1n) is 7.84. The fourth-order valence-corrected chi connectivity index (χ4v) is 2.84. The van der Waals surface area contributed by atoms with E-state index in [1.165, 1.54) is 13.0 Å². The Hall–Kier alpha value is -0.610. The third-order valence-electron chi connectivity index (χ3n) is 4.18. The number of nitrogens with zero attached hydrogens (tertiary/aromatic N) is 2. The zero-order chi connectivity index (χ0) is 14.3. The van der Waals surface area contributed by atoms with Crippen molar-refractivity contribution in [3.63, 3.8) is 0 Å². The van der Waals surface area contributed by atoms with Crippen LogP contribution >= 0.6 is 0 Å². The maximum Gasteiger partial charge on any atom is 0.239 e. The van der Waals surface area contributed by atoms with Gasteiger partial charge in [0.2, 0.25) is 5.91 Å². The smallest absolute Gasteiger partial charge is 0.239 e. The maximum absolute atomic E-state index is 12.2. The molecule has 1 aliphatic heterocycles. The van der Waals surface area contributed by atoms with Gasteiger partial charge in [-0.25, -0.2) is 0 Å². The first-order chi connectivity index (χ1) is 9.10. The number of carbonyl (C=O) groups is 1. The van der Waals surface area contributed by atoms with Gasteiger partial charge in [0.05, 0.1) is 6.04 Å². The van der Waals surface area contributed by atoms with E-state index in [9.17, 15) is 4.79 Å². The van der Waals surface area contributed by atoms with Crippen molar-refractivity contribution in [3.05, 3.63) is 0 Å². The Morgan fingerprint density at radius 3 is 2.47 bits per heavy atom. The van der Waals surface area contributed by atoms with Crippen LogP contribution in [0, 0.1) is 0 Å². The summed E-state index contributed by atoms with van der Waals surface area (Å²) in [7, 11) is 1.92. The molecule has 1 atom stereocenters. The summed E-state index contributed by atoms with van der Waals surface area (Å²) in [5, 5.41) is 0.